The fraction of sp³-hybridized carbons (Fsp3) is 0.767. The zero-order valence-corrected chi connectivity index (χ0v) is 22.8. The van der Waals surface area contributed by atoms with E-state index in [9.17, 15) is 4.79 Å². The molecule has 0 spiro atoms. The lowest BCUT2D eigenvalue weighted by Crippen LogP contribution is -2.47. The Hall–Kier alpha value is -1.43. The summed E-state index contributed by atoms with van der Waals surface area (Å²) in [7, 11) is 4.39. The van der Waals surface area contributed by atoms with Crippen molar-refractivity contribution in [1.82, 2.24) is 19.6 Å². The van der Waals surface area contributed by atoms with Gasteiger partial charge in [0.05, 0.1) is 6.54 Å². The van der Waals surface area contributed by atoms with E-state index in [2.05, 4.69) is 64.9 Å². The van der Waals surface area contributed by atoms with Crippen LogP contribution < -0.4 is 0 Å². The number of hydrogen-bond acceptors (Lipinski definition) is 4. The van der Waals surface area contributed by atoms with Gasteiger partial charge in [0.1, 0.15) is 0 Å². The molecule has 0 N–H and O–H groups in total. The van der Waals surface area contributed by atoms with Crippen molar-refractivity contribution in [1.29, 1.82) is 0 Å². The van der Waals surface area contributed by atoms with Crippen LogP contribution >= 0.6 is 0 Å². The maximum Gasteiger partial charge on any atom is 0.236 e. The van der Waals surface area contributed by atoms with Crippen molar-refractivity contribution in [3.05, 3.63) is 35.4 Å². The summed E-state index contributed by atoms with van der Waals surface area (Å²) in [6.45, 7) is 10.7. The van der Waals surface area contributed by atoms with Crippen LogP contribution in [0.5, 0.6) is 0 Å². The normalized spacial score (nSPS) is 22.2. The molecule has 0 bridgehead atoms. The summed E-state index contributed by atoms with van der Waals surface area (Å²) in [6, 6.07) is 9.78. The number of piperidine rings is 3. The smallest absolute Gasteiger partial charge is 0.236 e. The first-order valence-corrected chi connectivity index (χ1v) is 14.4. The van der Waals surface area contributed by atoms with E-state index in [-0.39, 0.29) is 0 Å². The van der Waals surface area contributed by atoms with E-state index in [1.807, 2.05) is 0 Å². The van der Waals surface area contributed by atoms with Crippen molar-refractivity contribution in [2.45, 2.75) is 70.8 Å². The molecule has 3 fully saturated rings. The number of hydrogen-bond donors (Lipinski definition) is 0. The van der Waals surface area contributed by atoms with E-state index in [1.165, 1.54) is 82.3 Å². The van der Waals surface area contributed by atoms with Gasteiger partial charge in [0, 0.05) is 19.1 Å². The van der Waals surface area contributed by atoms with Gasteiger partial charge in [-0.3, -0.25) is 9.69 Å². The quantitative estimate of drug-likeness (QED) is 0.525. The highest BCUT2D eigenvalue weighted by Gasteiger charge is 2.28. The van der Waals surface area contributed by atoms with Crippen molar-refractivity contribution >= 4 is 5.91 Å². The molecule has 4 rings (SSSR count). The first kappa shape index (κ1) is 26.6. The lowest BCUT2D eigenvalue weighted by atomic mass is 9.90. The molecule has 3 aliphatic heterocycles. The largest absolute Gasteiger partial charge is 0.342 e. The molecule has 3 saturated heterocycles. The van der Waals surface area contributed by atoms with Crippen LogP contribution in [-0.2, 0) is 11.2 Å². The molecule has 1 aromatic carbocycles. The molecule has 0 aliphatic carbocycles. The number of carbonyl (C=O) groups is 1. The van der Waals surface area contributed by atoms with Crippen molar-refractivity contribution in [3.63, 3.8) is 0 Å². The van der Waals surface area contributed by atoms with Crippen LogP contribution in [-0.4, -0.2) is 98.0 Å². The number of benzene rings is 1. The van der Waals surface area contributed by atoms with Crippen molar-refractivity contribution in [2.75, 3.05) is 66.5 Å². The third-order valence-electron chi connectivity index (χ3n) is 9.11. The average Bonchev–Trinajstić information content (AvgIpc) is 2.88. The van der Waals surface area contributed by atoms with E-state index in [4.69, 9.17) is 0 Å². The van der Waals surface area contributed by atoms with Gasteiger partial charge in [-0.15, -0.1) is 0 Å². The van der Waals surface area contributed by atoms with Gasteiger partial charge in [-0.25, -0.2) is 0 Å². The molecular formula is C30H50N4O. The number of rotatable bonds is 9. The van der Waals surface area contributed by atoms with E-state index < -0.39 is 0 Å². The maximum atomic E-state index is 12.9. The van der Waals surface area contributed by atoms with Crippen LogP contribution in [0.25, 0.3) is 0 Å². The molecule has 5 nitrogen and oxygen atoms in total. The Morgan fingerprint density at radius 3 is 2.11 bits per heavy atom. The van der Waals surface area contributed by atoms with Gasteiger partial charge in [-0.1, -0.05) is 29.8 Å². The van der Waals surface area contributed by atoms with Gasteiger partial charge in [-0.05, 0) is 129 Å². The Kier molecular flexibility index (Phi) is 10.1. The summed E-state index contributed by atoms with van der Waals surface area (Å²) in [4.78, 5) is 22.5. The van der Waals surface area contributed by atoms with Crippen molar-refractivity contribution in [3.8, 4) is 0 Å². The van der Waals surface area contributed by atoms with E-state index in [0.29, 0.717) is 12.5 Å². The second-order valence-electron chi connectivity index (χ2n) is 11.9. The first-order valence-electron chi connectivity index (χ1n) is 14.4. The number of amides is 1. The lowest BCUT2D eigenvalue weighted by Gasteiger charge is -2.41. The van der Waals surface area contributed by atoms with Gasteiger partial charge < -0.3 is 14.7 Å². The SMILES string of the molecule is Cc1ccc(CCC2CCN(C(=O)CN(C)CCC3CCN(C4CCN(C)CC4)CC3)CC2)cc1. The predicted octanol–water partition coefficient (Wildman–Crippen LogP) is 4.29. The fourth-order valence-corrected chi connectivity index (χ4v) is 6.38. The minimum Gasteiger partial charge on any atom is -0.342 e. The highest BCUT2D eigenvalue weighted by molar-refractivity contribution is 5.78. The van der Waals surface area contributed by atoms with Crippen LogP contribution in [0.1, 0.15) is 62.5 Å². The monoisotopic (exact) mass is 482 g/mol. The van der Waals surface area contributed by atoms with Gasteiger partial charge >= 0.3 is 0 Å². The minimum atomic E-state index is 0.335. The molecule has 0 saturated carbocycles. The van der Waals surface area contributed by atoms with E-state index in [1.54, 1.807) is 0 Å². The molecule has 0 radical (unpaired) electrons. The molecule has 0 aromatic heterocycles. The van der Waals surface area contributed by atoms with Gasteiger partial charge in [0.15, 0.2) is 0 Å². The summed E-state index contributed by atoms with van der Waals surface area (Å²) in [5.41, 5.74) is 2.78. The Morgan fingerprint density at radius 1 is 0.857 bits per heavy atom. The molecule has 196 valence electrons. The molecule has 1 amide bonds. The van der Waals surface area contributed by atoms with Gasteiger partial charge in [0.25, 0.3) is 0 Å². The molecule has 3 heterocycles. The second-order valence-corrected chi connectivity index (χ2v) is 11.9. The number of aryl methyl sites for hydroxylation is 2. The Morgan fingerprint density at radius 2 is 1.46 bits per heavy atom. The summed E-state index contributed by atoms with van der Waals surface area (Å²) < 4.78 is 0. The summed E-state index contributed by atoms with van der Waals surface area (Å²) in [6.07, 6.45) is 11.3. The average molecular weight is 483 g/mol. The topological polar surface area (TPSA) is 30.0 Å². The maximum absolute atomic E-state index is 12.9. The van der Waals surface area contributed by atoms with Crippen LogP contribution in [0, 0.1) is 18.8 Å². The van der Waals surface area contributed by atoms with Crippen LogP contribution in [0.15, 0.2) is 24.3 Å². The Balaban J connectivity index is 1.07. The van der Waals surface area contributed by atoms with Crippen molar-refractivity contribution in [2.24, 2.45) is 11.8 Å². The summed E-state index contributed by atoms with van der Waals surface area (Å²) in [5, 5.41) is 0. The number of carbonyl (C=O) groups excluding carboxylic acids is 1. The zero-order valence-electron chi connectivity index (χ0n) is 22.8. The highest BCUT2D eigenvalue weighted by atomic mass is 16.2. The third kappa shape index (κ3) is 8.30. The molecule has 0 atom stereocenters. The molecule has 35 heavy (non-hydrogen) atoms. The third-order valence-corrected chi connectivity index (χ3v) is 9.11. The van der Waals surface area contributed by atoms with Crippen LogP contribution in [0.2, 0.25) is 0 Å². The predicted molar refractivity (Wildman–Crippen MR) is 146 cm³/mol. The highest BCUT2D eigenvalue weighted by Crippen LogP contribution is 2.26. The summed E-state index contributed by atoms with van der Waals surface area (Å²) >= 11 is 0. The minimum absolute atomic E-state index is 0.335. The first-order chi connectivity index (χ1) is 17.0. The fourth-order valence-electron chi connectivity index (χ4n) is 6.38. The molecule has 3 aliphatic rings. The van der Waals surface area contributed by atoms with Crippen molar-refractivity contribution < 1.29 is 4.79 Å². The van der Waals surface area contributed by atoms with E-state index >= 15 is 0 Å². The second kappa shape index (κ2) is 13.2. The molecule has 0 unspecified atom stereocenters. The standard InChI is InChI=1S/C30H50N4O/c1-25-4-6-26(7-5-25)8-9-27-13-22-34(23-14-27)30(35)24-32(3)17-10-28-11-20-33(21-12-28)29-15-18-31(2)19-16-29/h4-7,27-29H,8-24H2,1-3H3. The number of likely N-dealkylation sites (tertiary alicyclic amines) is 3. The number of likely N-dealkylation sites (N-methyl/N-ethyl adjacent to an activating group) is 1. The number of nitrogens with zero attached hydrogens (tertiary/aromatic N) is 4. The summed E-state index contributed by atoms with van der Waals surface area (Å²) in [5.74, 6) is 1.93. The molecule has 1 aromatic rings. The lowest BCUT2D eigenvalue weighted by molar-refractivity contribution is -0.133. The van der Waals surface area contributed by atoms with Crippen LogP contribution in [0.4, 0.5) is 0 Å². The van der Waals surface area contributed by atoms with Gasteiger partial charge in [0.2, 0.25) is 5.91 Å². The van der Waals surface area contributed by atoms with Gasteiger partial charge in [-0.2, -0.15) is 0 Å². The van der Waals surface area contributed by atoms with Crippen LogP contribution in [0.3, 0.4) is 0 Å². The molecular weight excluding hydrogens is 432 g/mol. The zero-order chi connectivity index (χ0) is 24.6. The van der Waals surface area contributed by atoms with E-state index in [0.717, 1.165) is 50.4 Å². The Labute approximate surface area is 214 Å². The Bertz CT molecular complexity index is 757. The molecule has 5 heteroatoms.